The van der Waals surface area contributed by atoms with E-state index >= 15 is 0 Å². The number of aromatic nitrogens is 4. The number of halogens is 2. The molecule has 0 spiro atoms. The summed E-state index contributed by atoms with van der Waals surface area (Å²) in [5.74, 6) is -0.408. The van der Waals surface area contributed by atoms with E-state index in [4.69, 9.17) is 4.74 Å². The average molecular weight is 523 g/mol. The maximum absolute atomic E-state index is 13.9. The number of hydrogen-bond acceptors (Lipinski definition) is 4. The lowest BCUT2D eigenvalue weighted by atomic mass is 9.84. The predicted molar refractivity (Wildman–Crippen MR) is 144 cm³/mol. The molecule has 0 amide bonds. The molecule has 0 radical (unpaired) electrons. The van der Waals surface area contributed by atoms with Crippen LogP contribution in [0.2, 0.25) is 0 Å². The Balaban J connectivity index is 1.55. The van der Waals surface area contributed by atoms with Crippen LogP contribution in [0.1, 0.15) is 34.3 Å². The first-order chi connectivity index (χ1) is 19.0. The smallest absolute Gasteiger partial charge is 0.242 e. The van der Waals surface area contributed by atoms with Crippen molar-refractivity contribution >= 4 is 6.08 Å². The number of imidazole rings is 1. The van der Waals surface area contributed by atoms with Crippen molar-refractivity contribution < 1.29 is 13.5 Å². The second-order valence-corrected chi connectivity index (χ2v) is 9.37. The third-order valence-corrected chi connectivity index (χ3v) is 7.03. The number of hydrogen-bond donors (Lipinski definition) is 0. The number of fused-ring (bicyclic) bond motifs is 3. The molecule has 1 aliphatic heterocycles. The molecule has 3 heterocycles. The van der Waals surface area contributed by atoms with E-state index in [0.29, 0.717) is 18.1 Å². The molecule has 0 saturated heterocycles. The van der Waals surface area contributed by atoms with Gasteiger partial charge in [0.15, 0.2) is 11.6 Å². The Morgan fingerprint density at radius 1 is 0.949 bits per heavy atom. The Morgan fingerprint density at radius 2 is 1.59 bits per heavy atom. The van der Waals surface area contributed by atoms with Crippen molar-refractivity contribution in [1.82, 2.24) is 19.3 Å². The minimum Gasteiger partial charge on any atom is -0.483 e. The zero-order valence-corrected chi connectivity index (χ0v) is 20.9. The van der Waals surface area contributed by atoms with E-state index in [0.717, 1.165) is 22.4 Å². The van der Waals surface area contributed by atoms with Crippen molar-refractivity contribution in [1.29, 1.82) is 0 Å². The van der Waals surface area contributed by atoms with Crippen LogP contribution in [0.25, 0.3) is 17.6 Å². The van der Waals surface area contributed by atoms with Gasteiger partial charge in [-0.1, -0.05) is 61.2 Å². The Morgan fingerprint density at radius 3 is 2.21 bits per heavy atom. The number of ether oxygens (including phenoxy) is 1. The first-order valence-corrected chi connectivity index (χ1v) is 12.5. The van der Waals surface area contributed by atoms with Crippen molar-refractivity contribution in [3.05, 3.63) is 142 Å². The fraction of sp³-hybridized carbons (Fsp3) is 0.129. The molecular weight excluding hydrogens is 498 g/mol. The van der Waals surface area contributed by atoms with Crippen molar-refractivity contribution in [3.8, 4) is 17.3 Å². The molecule has 39 heavy (non-hydrogen) atoms. The fourth-order valence-electron chi connectivity index (χ4n) is 5.20. The SMILES string of the molecule is C=Cc1cnc2n1C[C@H](C(c1ccc(F)cc1)c1ccc(F)cc1)n1ncc(=O)c(OCc3ccccc3)c1-2. The first kappa shape index (κ1) is 24.5. The normalized spacial score (nSPS) is 14.1. The van der Waals surface area contributed by atoms with Crippen LogP contribution >= 0.6 is 0 Å². The summed E-state index contributed by atoms with van der Waals surface area (Å²) >= 11 is 0. The topological polar surface area (TPSA) is 61.9 Å². The Labute approximate surface area is 223 Å². The second-order valence-electron chi connectivity index (χ2n) is 9.37. The van der Waals surface area contributed by atoms with E-state index in [1.54, 1.807) is 41.2 Å². The standard InChI is InChI=1S/C31H24F2N4O2/c1-2-25-16-34-31-29-30(39-19-20-6-4-3-5-7-20)27(38)17-35-37(29)26(18-36(25)31)28(21-8-12-23(32)13-9-21)22-10-14-24(33)15-11-22/h2-17,26,28H,1,18-19H2/t26-/m1/s1. The molecule has 0 N–H and O–H groups in total. The van der Waals surface area contributed by atoms with Gasteiger partial charge in [0.2, 0.25) is 5.43 Å². The molecule has 3 aromatic carbocycles. The Hall–Kier alpha value is -4.85. The van der Waals surface area contributed by atoms with Crippen molar-refractivity contribution in [2.75, 3.05) is 0 Å². The monoisotopic (exact) mass is 522 g/mol. The highest BCUT2D eigenvalue weighted by Gasteiger charge is 2.37. The maximum Gasteiger partial charge on any atom is 0.242 e. The lowest BCUT2D eigenvalue weighted by Gasteiger charge is -2.35. The van der Waals surface area contributed by atoms with Crippen molar-refractivity contribution in [2.45, 2.75) is 25.1 Å². The van der Waals surface area contributed by atoms with Crippen LogP contribution in [0.5, 0.6) is 5.75 Å². The zero-order valence-electron chi connectivity index (χ0n) is 20.9. The van der Waals surface area contributed by atoms with Crippen LogP contribution in [0.3, 0.4) is 0 Å². The van der Waals surface area contributed by atoms with E-state index in [1.807, 2.05) is 34.9 Å². The summed E-state index contributed by atoms with van der Waals surface area (Å²) in [6.07, 6.45) is 4.64. The van der Waals surface area contributed by atoms with Crippen molar-refractivity contribution in [2.24, 2.45) is 0 Å². The van der Waals surface area contributed by atoms with Crippen LogP contribution in [0.15, 0.2) is 103 Å². The fourth-order valence-corrected chi connectivity index (χ4v) is 5.20. The molecule has 1 atom stereocenters. The number of nitrogens with zero attached hydrogens (tertiary/aromatic N) is 4. The van der Waals surface area contributed by atoms with Gasteiger partial charge in [0.05, 0.1) is 24.1 Å². The van der Waals surface area contributed by atoms with Crippen LogP contribution in [0, 0.1) is 11.6 Å². The molecule has 0 unspecified atom stereocenters. The van der Waals surface area contributed by atoms with Gasteiger partial charge < -0.3 is 9.30 Å². The van der Waals surface area contributed by atoms with Gasteiger partial charge in [0.1, 0.15) is 23.9 Å². The van der Waals surface area contributed by atoms with E-state index in [-0.39, 0.29) is 35.3 Å². The van der Waals surface area contributed by atoms with Gasteiger partial charge in [0.25, 0.3) is 0 Å². The third kappa shape index (κ3) is 4.54. The van der Waals surface area contributed by atoms with E-state index < -0.39 is 6.04 Å². The lowest BCUT2D eigenvalue weighted by molar-refractivity contribution is 0.285. The minimum absolute atomic E-state index is 0.137. The summed E-state index contributed by atoms with van der Waals surface area (Å²) in [6, 6.07) is 21.7. The summed E-state index contributed by atoms with van der Waals surface area (Å²) in [5, 5.41) is 4.55. The van der Waals surface area contributed by atoms with Gasteiger partial charge in [0, 0.05) is 12.5 Å². The van der Waals surface area contributed by atoms with Crippen LogP contribution < -0.4 is 10.2 Å². The molecule has 0 bridgehead atoms. The van der Waals surface area contributed by atoms with E-state index in [1.165, 1.54) is 30.5 Å². The molecule has 6 nitrogen and oxygen atoms in total. The summed E-state index contributed by atoms with van der Waals surface area (Å²) in [4.78, 5) is 17.7. The Bertz CT molecular complexity index is 1650. The highest BCUT2D eigenvalue weighted by molar-refractivity contribution is 5.64. The third-order valence-electron chi connectivity index (χ3n) is 7.03. The molecule has 6 rings (SSSR count). The minimum atomic E-state index is -0.393. The molecular formula is C31H24F2N4O2. The summed E-state index contributed by atoms with van der Waals surface area (Å²) in [5.41, 5.74) is 3.38. The Kier molecular flexibility index (Phi) is 6.36. The largest absolute Gasteiger partial charge is 0.483 e. The highest BCUT2D eigenvalue weighted by atomic mass is 19.1. The van der Waals surface area contributed by atoms with Gasteiger partial charge in [-0.05, 0) is 47.0 Å². The van der Waals surface area contributed by atoms with Gasteiger partial charge in [-0.25, -0.2) is 13.8 Å². The molecule has 1 aliphatic rings. The summed E-state index contributed by atoms with van der Waals surface area (Å²) in [6.45, 7) is 4.54. The lowest BCUT2D eigenvalue weighted by Crippen LogP contribution is -2.33. The molecule has 0 saturated carbocycles. The summed E-state index contributed by atoms with van der Waals surface area (Å²) < 4.78 is 37.7. The van der Waals surface area contributed by atoms with Crippen LogP contribution in [-0.2, 0) is 13.2 Å². The number of rotatable bonds is 7. The molecule has 2 aromatic heterocycles. The van der Waals surface area contributed by atoms with Gasteiger partial charge in [-0.2, -0.15) is 5.10 Å². The molecule has 0 fully saturated rings. The predicted octanol–water partition coefficient (Wildman–Crippen LogP) is 5.99. The maximum atomic E-state index is 13.9. The molecule has 8 heteroatoms. The van der Waals surface area contributed by atoms with Crippen molar-refractivity contribution in [3.63, 3.8) is 0 Å². The zero-order chi connectivity index (χ0) is 26.9. The quantitative estimate of drug-likeness (QED) is 0.263. The molecule has 5 aromatic rings. The molecule has 194 valence electrons. The van der Waals surface area contributed by atoms with Crippen LogP contribution in [-0.4, -0.2) is 19.3 Å². The van der Waals surface area contributed by atoms with Crippen LogP contribution in [0.4, 0.5) is 8.78 Å². The van der Waals surface area contributed by atoms with E-state index in [9.17, 15) is 13.6 Å². The van der Waals surface area contributed by atoms with Gasteiger partial charge in [-0.15, -0.1) is 0 Å². The van der Waals surface area contributed by atoms with Gasteiger partial charge >= 0.3 is 0 Å². The first-order valence-electron chi connectivity index (χ1n) is 12.5. The summed E-state index contributed by atoms with van der Waals surface area (Å²) in [7, 11) is 0. The second kappa shape index (κ2) is 10.1. The molecule has 0 aliphatic carbocycles. The number of benzene rings is 3. The van der Waals surface area contributed by atoms with Gasteiger partial charge in [-0.3, -0.25) is 9.48 Å². The highest BCUT2D eigenvalue weighted by Crippen LogP contribution is 2.43. The van der Waals surface area contributed by atoms with E-state index in [2.05, 4.69) is 16.7 Å². The average Bonchev–Trinajstić information content (AvgIpc) is 3.38.